The molecule has 0 saturated carbocycles. The van der Waals surface area contributed by atoms with Gasteiger partial charge in [-0.25, -0.2) is 0 Å². The van der Waals surface area contributed by atoms with Gasteiger partial charge in [-0.3, -0.25) is 4.79 Å². The van der Waals surface area contributed by atoms with Gasteiger partial charge in [-0.1, -0.05) is 20.8 Å². The molecule has 0 spiro atoms. The molecule has 0 rings (SSSR count). The molecule has 0 saturated heterocycles. The Hall–Kier alpha value is -0.220. The third kappa shape index (κ3) is 4.86. The summed E-state index contributed by atoms with van der Waals surface area (Å²) >= 11 is 1.82. The Morgan fingerprint density at radius 3 is 2.36 bits per heavy atom. The van der Waals surface area contributed by atoms with Crippen LogP contribution in [0, 0.1) is 0 Å². The summed E-state index contributed by atoms with van der Waals surface area (Å²) in [6.07, 6.45) is 0.641. The van der Waals surface area contributed by atoms with Crippen molar-refractivity contribution in [1.82, 2.24) is 0 Å². The van der Waals surface area contributed by atoms with Gasteiger partial charge in [0.05, 0.1) is 7.11 Å². The van der Waals surface area contributed by atoms with Crippen molar-refractivity contribution in [3.63, 3.8) is 0 Å². The van der Waals surface area contributed by atoms with Crippen molar-refractivity contribution in [3.05, 3.63) is 0 Å². The number of carbonyl (C=O) groups excluding carboxylic acids is 1. The number of carbonyl (C=O) groups is 1. The van der Waals surface area contributed by atoms with Crippen molar-refractivity contribution in [1.29, 1.82) is 0 Å². The van der Waals surface area contributed by atoms with E-state index in [-0.39, 0.29) is 5.97 Å². The molecule has 0 bridgehead atoms. The highest BCUT2D eigenvalue weighted by molar-refractivity contribution is 8.00. The average molecular weight is 219 g/mol. The van der Waals surface area contributed by atoms with Gasteiger partial charge < -0.3 is 10.5 Å². The zero-order chi connectivity index (χ0) is 11.4. The zero-order valence-corrected chi connectivity index (χ0v) is 10.5. The smallest absolute Gasteiger partial charge is 0.325 e. The highest BCUT2D eigenvalue weighted by Gasteiger charge is 2.31. The van der Waals surface area contributed by atoms with Crippen molar-refractivity contribution >= 4 is 17.7 Å². The molecule has 0 aliphatic carbocycles. The maximum absolute atomic E-state index is 11.3. The van der Waals surface area contributed by atoms with Crippen LogP contribution in [0.15, 0.2) is 0 Å². The van der Waals surface area contributed by atoms with Gasteiger partial charge >= 0.3 is 5.97 Å². The highest BCUT2D eigenvalue weighted by Crippen LogP contribution is 2.24. The van der Waals surface area contributed by atoms with E-state index in [1.165, 1.54) is 7.11 Å². The first-order chi connectivity index (χ1) is 6.29. The quantitative estimate of drug-likeness (QED) is 0.716. The van der Waals surface area contributed by atoms with Crippen LogP contribution in [-0.4, -0.2) is 29.1 Å². The zero-order valence-electron chi connectivity index (χ0n) is 9.66. The molecular formula is C10H21NO2S. The lowest BCUT2D eigenvalue weighted by molar-refractivity contribution is -0.146. The number of hydrogen-bond donors (Lipinski definition) is 1. The van der Waals surface area contributed by atoms with Crippen LogP contribution < -0.4 is 5.73 Å². The third-order valence-corrected chi connectivity index (χ3v) is 3.04. The van der Waals surface area contributed by atoms with E-state index in [0.717, 1.165) is 0 Å². The van der Waals surface area contributed by atoms with Gasteiger partial charge in [0.15, 0.2) is 0 Å². The van der Waals surface area contributed by atoms with E-state index < -0.39 is 5.54 Å². The summed E-state index contributed by atoms with van der Waals surface area (Å²) in [6.45, 7) is 8.06. The third-order valence-electron chi connectivity index (χ3n) is 1.87. The summed E-state index contributed by atoms with van der Waals surface area (Å²) in [5.41, 5.74) is 4.99. The number of thioether (sulfide) groups is 1. The summed E-state index contributed by atoms with van der Waals surface area (Å²) in [4.78, 5) is 11.3. The summed E-state index contributed by atoms with van der Waals surface area (Å²) in [6, 6.07) is 0. The predicted molar refractivity (Wildman–Crippen MR) is 61.4 cm³/mol. The normalized spacial score (nSPS) is 17.6. The molecule has 3 nitrogen and oxygen atoms in total. The van der Waals surface area contributed by atoms with E-state index in [4.69, 9.17) is 5.73 Å². The van der Waals surface area contributed by atoms with Gasteiger partial charge in [-0.15, -0.1) is 0 Å². The predicted octanol–water partition coefficient (Wildman–Crippen LogP) is 1.80. The van der Waals surface area contributed by atoms with Crippen LogP contribution in [0.3, 0.4) is 0 Å². The fourth-order valence-electron chi connectivity index (χ4n) is 1.43. The summed E-state index contributed by atoms with van der Waals surface area (Å²) < 4.78 is 4.65. The van der Waals surface area contributed by atoms with E-state index in [9.17, 15) is 4.79 Å². The second-order valence-electron chi connectivity index (χ2n) is 4.11. The lowest BCUT2D eigenvalue weighted by Gasteiger charge is -2.25. The first-order valence-electron chi connectivity index (χ1n) is 4.82. The molecule has 0 amide bonds. The summed E-state index contributed by atoms with van der Waals surface area (Å²) in [7, 11) is 1.37. The Balaban J connectivity index is 4.14. The SMILES string of the molecule is COC(=O)C(C)(N)CC(C)SC(C)C. The minimum Gasteiger partial charge on any atom is -0.468 e. The van der Waals surface area contributed by atoms with Crippen LogP contribution in [0.25, 0.3) is 0 Å². The molecule has 0 aliphatic rings. The maximum Gasteiger partial charge on any atom is 0.325 e. The van der Waals surface area contributed by atoms with E-state index in [1.807, 2.05) is 11.8 Å². The first-order valence-corrected chi connectivity index (χ1v) is 5.76. The molecular weight excluding hydrogens is 198 g/mol. The Labute approximate surface area is 90.8 Å². The minimum absolute atomic E-state index is 0.339. The topological polar surface area (TPSA) is 52.3 Å². The summed E-state index contributed by atoms with van der Waals surface area (Å²) in [5.74, 6) is -0.339. The van der Waals surface area contributed by atoms with Gasteiger partial charge in [-0.05, 0) is 18.6 Å². The second kappa shape index (κ2) is 5.61. The van der Waals surface area contributed by atoms with E-state index in [1.54, 1.807) is 6.92 Å². The maximum atomic E-state index is 11.3. The van der Waals surface area contributed by atoms with Gasteiger partial charge in [0.2, 0.25) is 0 Å². The van der Waals surface area contributed by atoms with Gasteiger partial charge in [0, 0.05) is 5.25 Å². The first kappa shape index (κ1) is 13.8. The Kier molecular flexibility index (Phi) is 5.52. The number of ether oxygens (including phenoxy) is 1. The molecule has 84 valence electrons. The number of hydrogen-bond acceptors (Lipinski definition) is 4. The molecule has 0 aromatic carbocycles. The van der Waals surface area contributed by atoms with Crippen LogP contribution in [0.1, 0.15) is 34.1 Å². The van der Waals surface area contributed by atoms with Crippen LogP contribution >= 0.6 is 11.8 Å². The molecule has 0 radical (unpaired) electrons. The van der Waals surface area contributed by atoms with Crippen molar-refractivity contribution < 1.29 is 9.53 Å². The van der Waals surface area contributed by atoms with Crippen molar-refractivity contribution in [2.24, 2.45) is 5.73 Å². The van der Waals surface area contributed by atoms with Crippen LogP contribution in [0.2, 0.25) is 0 Å². The molecule has 4 heteroatoms. The fraction of sp³-hybridized carbons (Fsp3) is 0.900. The lowest BCUT2D eigenvalue weighted by Crippen LogP contribution is -2.47. The van der Waals surface area contributed by atoms with Crippen LogP contribution in [0.4, 0.5) is 0 Å². The molecule has 0 aromatic rings. The molecule has 2 N–H and O–H groups in total. The minimum atomic E-state index is -0.865. The molecule has 14 heavy (non-hydrogen) atoms. The van der Waals surface area contributed by atoms with Gasteiger partial charge in [0.25, 0.3) is 0 Å². The Bertz CT molecular complexity index is 193. The standard InChI is InChI=1S/C10H21NO2S/c1-7(2)14-8(3)6-10(4,11)9(12)13-5/h7-8H,6,11H2,1-5H3. The summed E-state index contributed by atoms with van der Waals surface area (Å²) in [5, 5.41) is 0.919. The molecule has 0 heterocycles. The van der Waals surface area contributed by atoms with E-state index >= 15 is 0 Å². The van der Waals surface area contributed by atoms with Crippen LogP contribution in [0.5, 0.6) is 0 Å². The number of methoxy groups -OCH3 is 1. The highest BCUT2D eigenvalue weighted by atomic mass is 32.2. The van der Waals surface area contributed by atoms with Gasteiger partial charge in [0.1, 0.15) is 5.54 Å². The molecule has 0 fully saturated rings. The monoisotopic (exact) mass is 219 g/mol. The number of nitrogens with two attached hydrogens (primary N) is 1. The van der Waals surface area contributed by atoms with Crippen LogP contribution in [-0.2, 0) is 9.53 Å². The number of esters is 1. The van der Waals surface area contributed by atoms with Gasteiger partial charge in [-0.2, -0.15) is 11.8 Å². The van der Waals surface area contributed by atoms with Crippen molar-refractivity contribution in [3.8, 4) is 0 Å². The number of rotatable bonds is 5. The molecule has 2 unspecified atom stereocenters. The van der Waals surface area contributed by atoms with Crippen molar-refractivity contribution in [2.75, 3.05) is 7.11 Å². The fourth-order valence-corrected chi connectivity index (χ4v) is 2.80. The van der Waals surface area contributed by atoms with Crippen molar-refractivity contribution in [2.45, 2.75) is 50.2 Å². The Morgan fingerprint density at radius 2 is 2.00 bits per heavy atom. The molecule has 0 aliphatic heterocycles. The van der Waals surface area contributed by atoms with E-state index in [2.05, 4.69) is 25.5 Å². The second-order valence-corrected chi connectivity index (χ2v) is 6.13. The molecule has 2 atom stereocenters. The lowest BCUT2D eigenvalue weighted by atomic mass is 9.98. The molecule has 0 aromatic heterocycles. The van der Waals surface area contributed by atoms with E-state index in [0.29, 0.717) is 16.9 Å². The largest absolute Gasteiger partial charge is 0.468 e. The average Bonchev–Trinajstić information content (AvgIpc) is 1.99. The Morgan fingerprint density at radius 1 is 1.50 bits per heavy atom.